The Morgan fingerprint density at radius 1 is 1.22 bits per heavy atom. The molecule has 118 valence electrons. The Morgan fingerprint density at radius 2 is 2.00 bits per heavy atom. The summed E-state index contributed by atoms with van der Waals surface area (Å²) in [6, 6.07) is 12.7. The monoisotopic (exact) mass is 311 g/mol. The van der Waals surface area contributed by atoms with Crippen LogP contribution in [0.1, 0.15) is 21.5 Å². The van der Waals surface area contributed by atoms with Gasteiger partial charge in [0.05, 0.1) is 12.7 Å². The topological polar surface area (TPSA) is 64.6 Å². The van der Waals surface area contributed by atoms with Crippen LogP contribution in [0.15, 0.2) is 42.5 Å². The van der Waals surface area contributed by atoms with E-state index in [1.54, 1.807) is 18.2 Å². The van der Waals surface area contributed by atoms with Gasteiger partial charge in [0.15, 0.2) is 6.10 Å². The lowest BCUT2D eigenvalue weighted by Crippen LogP contribution is -2.31. The molecule has 0 fully saturated rings. The van der Waals surface area contributed by atoms with Crippen molar-refractivity contribution in [3.63, 3.8) is 0 Å². The zero-order chi connectivity index (χ0) is 16.4. The van der Waals surface area contributed by atoms with Gasteiger partial charge in [-0.3, -0.25) is 4.79 Å². The highest BCUT2D eigenvalue weighted by molar-refractivity contribution is 5.97. The third kappa shape index (κ3) is 3.04. The summed E-state index contributed by atoms with van der Waals surface area (Å²) in [6.45, 7) is 1.86. The van der Waals surface area contributed by atoms with Gasteiger partial charge in [-0.2, -0.15) is 0 Å². The number of para-hydroxylation sites is 1. The molecule has 1 N–H and O–H groups in total. The number of carbonyl (C=O) groups excluding carboxylic acids is 2. The van der Waals surface area contributed by atoms with Gasteiger partial charge >= 0.3 is 5.97 Å². The van der Waals surface area contributed by atoms with E-state index in [-0.39, 0.29) is 5.91 Å². The van der Waals surface area contributed by atoms with Gasteiger partial charge in [0.1, 0.15) is 5.75 Å². The van der Waals surface area contributed by atoms with E-state index in [0.717, 1.165) is 16.9 Å². The Kier molecular flexibility index (Phi) is 4.02. The zero-order valence-corrected chi connectivity index (χ0v) is 13.0. The van der Waals surface area contributed by atoms with Gasteiger partial charge in [-0.05, 0) is 36.2 Å². The second kappa shape index (κ2) is 6.12. The molecule has 2 aromatic rings. The second-order valence-electron chi connectivity index (χ2n) is 5.43. The van der Waals surface area contributed by atoms with Crippen LogP contribution in [0.25, 0.3) is 0 Å². The fourth-order valence-electron chi connectivity index (χ4n) is 2.54. The lowest BCUT2D eigenvalue weighted by molar-refractivity contribution is -0.122. The van der Waals surface area contributed by atoms with E-state index >= 15 is 0 Å². The summed E-state index contributed by atoms with van der Waals surface area (Å²) in [5, 5.41) is 2.83. The molecule has 5 heteroatoms. The van der Waals surface area contributed by atoms with Gasteiger partial charge in [-0.15, -0.1) is 0 Å². The minimum absolute atomic E-state index is 0.230. The fraction of sp³-hybridized carbons (Fsp3) is 0.222. The number of carbonyl (C=O) groups is 2. The molecule has 3 rings (SSSR count). The van der Waals surface area contributed by atoms with Gasteiger partial charge in [-0.25, -0.2) is 4.79 Å². The van der Waals surface area contributed by atoms with E-state index in [2.05, 4.69) is 5.32 Å². The van der Waals surface area contributed by atoms with Crippen LogP contribution >= 0.6 is 0 Å². The number of hydrogen-bond donors (Lipinski definition) is 1. The molecule has 5 nitrogen and oxygen atoms in total. The normalized spacial score (nSPS) is 15.5. The Balaban J connectivity index is 1.75. The van der Waals surface area contributed by atoms with Crippen molar-refractivity contribution in [1.29, 1.82) is 0 Å². The molecule has 1 heterocycles. The summed E-state index contributed by atoms with van der Waals surface area (Å²) in [5.74, 6) is 0.0732. The fourth-order valence-corrected chi connectivity index (χ4v) is 2.54. The number of esters is 1. The first-order valence-corrected chi connectivity index (χ1v) is 7.33. The van der Waals surface area contributed by atoms with Crippen molar-refractivity contribution in [1.82, 2.24) is 0 Å². The van der Waals surface area contributed by atoms with Crippen LogP contribution in [0.2, 0.25) is 0 Å². The first-order valence-electron chi connectivity index (χ1n) is 7.33. The Labute approximate surface area is 134 Å². The Morgan fingerprint density at radius 3 is 2.74 bits per heavy atom. The van der Waals surface area contributed by atoms with Crippen LogP contribution in [0, 0.1) is 6.92 Å². The van der Waals surface area contributed by atoms with E-state index in [1.807, 2.05) is 31.2 Å². The third-order valence-electron chi connectivity index (χ3n) is 3.86. The van der Waals surface area contributed by atoms with Crippen molar-refractivity contribution < 1.29 is 19.1 Å². The quantitative estimate of drug-likeness (QED) is 0.885. The smallest absolute Gasteiger partial charge is 0.337 e. The maximum Gasteiger partial charge on any atom is 0.337 e. The lowest BCUT2D eigenvalue weighted by Gasteiger charge is -2.14. The summed E-state index contributed by atoms with van der Waals surface area (Å²) in [7, 11) is 1.32. The highest BCUT2D eigenvalue weighted by Crippen LogP contribution is 2.29. The zero-order valence-electron chi connectivity index (χ0n) is 13.0. The van der Waals surface area contributed by atoms with Crippen LogP contribution in [-0.2, 0) is 16.0 Å². The summed E-state index contributed by atoms with van der Waals surface area (Å²) in [4.78, 5) is 24.0. The van der Waals surface area contributed by atoms with Crippen LogP contribution in [0.5, 0.6) is 5.75 Å². The molecular formula is C18H17NO4. The Bertz CT molecular complexity index is 744. The summed E-state index contributed by atoms with van der Waals surface area (Å²) in [6.07, 6.45) is -0.0221. The summed E-state index contributed by atoms with van der Waals surface area (Å²) >= 11 is 0. The minimum Gasteiger partial charge on any atom is -0.480 e. The lowest BCUT2D eigenvalue weighted by atomic mass is 10.1. The first kappa shape index (κ1) is 15.1. The maximum absolute atomic E-state index is 12.4. The number of amides is 1. The molecular weight excluding hydrogens is 294 g/mol. The molecule has 0 spiro atoms. The molecule has 1 amide bonds. The molecule has 0 unspecified atom stereocenters. The summed E-state index contributed by atoms with van der Waals surface area (Å²) < 4.78 is 10.4. The van der Waals surface area contributed by atoms with Crippen LogP contribution in [-0.4, -0.2) is 25.1 Å². The van der Waals surface area contributed by atoms with E-state index in [1.165, 1.54) is 7.11 Å². The van der Waals surface area contributed by atoms with Crippen LogP contribution in [0.4, 0.5) is 5.69 Å². The first-order chi connectivity index (χ1) is 11.1. The van der Waals surface area contributed by atoms with Crippen LogP contribution in [0.3, 0.4) is 0 Å². The number of rotatable bonds is 3. The van der Waals surface area contributed by atoms with Gasteiger partial charge < -0.3 is 14.8 Å². The number of aryl methyl sites for hydroxylation is 1. The molecule has 0 aromatic heterocycles. The molecule has 2 aromatic carbocycles. The number of nitrogens with one attached hydrogen (secondary N) is 1. The standard InChI is InChI=1S/C18H17NO4/c1-11-7-8-13(18(21)22-2)9-14(11)19-17(20)16-10-12-5-3-4-6-15(12)23-16/h3-9,16H,10H2,1-2H3,(H,19,20)/t16-/m0/s1. The Hall–Kier alpha value is -2.82. The number of benzene rings is 2. The SMILES string of the molecule is COC(=O)c1ccc(C)c(NC(=O)[C@@H]2Cc3ccccc3O2)c1. The number of ether oxygens (including phenoxy) is 2. The maximum atomic E-state index is 12.4. The number of hydrogen-bond acceptors (Lipinski definition) is 4. The predicted molar refractivity (Wildman–Crippen MR) is 85.7 cm³/mol. The second-order valence-corrected chi connectivity index (χ2v) is 5.43. The molecule has 23 heavy (non-hydrogen) atoms. The third-order valence-corrected chi connectivity index (χ3v) is 3.86. The van der Waals surface area contributed by atoms with E-state index in [9.17, 15) is 9.59 Å². The average molecular weight is 311 g/mol. The molecule has 1 atom stereocenters. The molecule has 1 aliphatic rings. The highest BCUT2D eigenvalue weighted by Gasteiger charge is 2.29. The molecule has 0 aliphatic carbocycles. The molecule has 0 bridgehead atoms. The van der Waals surface area contributed by atoms with Gasteiger partial charge in [0.2, 0.25) is 0 Å². The van der Waals surface area contributed by atoms with Crippen molar-refractivity contribution in [3.05, 3.63) is 59.2 Å². The van der Waals surface area contributed by atoms with Gasteiger partial charge in [0, 0.05) is 12.1 Å². The van der Waals surface area contributed by atoms with Crippen molar-refractivity contribution in [2.24, 2.45) is 0 Å². The van der Waals surface area contributed by atoms with Crippen molar-refractivity contribution in [2.45, 2.75) is 19.4 Å². The van der Waals surface area contributed by atoms with Crippen molar-refractivity contribution in [3.8, 4) is 5.75 Å². The van der Waals surface area contributed by atoms with E-state index in [4.69, 9.17) is 9.47 Å². The number of anilines is 1. The highest BCUT2D eigenvalue weighted by atomic mass is 16.5. The molecule has 1 aliphatic heterocycles. The van der Waals surface area contributed by atoms with E-state index in [0.29, 0.717) is 17.7 Å². The number of fused-ring (bicyclic) bond motifs is 1. The molecule has 0 saturated carbocycles. The molecule has 0 saturated heterocycles. The van der Waals surface area contributed by atoms with Crippen molar-refractivity contribution >= 4 is 17.6 Å². The molecule has 0 radical (unpaired) electrons. The van der Waals surface area contributed by atoms with Gasteiger partial charge in [-0.1, -0.05) is 24.3 Å². The largest absolute Gasteiger partial charge is 0.480 e. The number of methoxy groups -OCH3 is 1. The summed E-state index contributed by atoms with van der Waals surface area (Å²) in [5.41, 5.74) is 2.86. The minimum atomic E-state index is -0.561. The van der Waals surface area contributed by atoms with Crippen molar-refractivity contribution in [2.75, 3.05) is 12.4 Å². The van der Waals surface area contributed by atoms with E-state index < -0.39 is 12.1 Å². The van der Waals surface area contributed by atoms with Crippen LogP contribution < -0.4 is 10.1 Å². The predicted octanol–water partition coefficient (Wildman–Crippen LogP) is 2.72. The van der Waals surface area contributed by atoms with Gasteiger partial charge in [0.25, 0.3) is 5.91 Å². The average Bonchev–Trinajstić information content (AvgIpc) is 3.00.